The van der Waals surface area contributed by atoms with Gasteiger partial charge in [0.1, 0.15) is 6.54 Å². The lowest BCUT2D eigenvalue weighted by Gasteiger charge is -2.24. The van der Waals surface area contributed by atoms with E-state index in [4.69, 9.17) is 27.9 Å². The fourth-order valence-corrected chi connectivity index (χ4v) is 4.10. The number of rotatable bonds is 7. The van der Waals surface area contributed by atoms with E-state index in [0.717, 1.165) is 16.3 Å². The number of esters is 1. The highest BCUT2D eigenvalue weighted by Crippen LogP contribution is 2.29. The third-order valence-corrected chi connectivity index (χ3v) is 6.20. The number of hydrogen-bond acceptors (Lipinski definition) is 4. The Kier molecular flexibility index (Phi) is 6.92. The Hall–Kier alpha value is -1.76. The predicted molar refractivity (Wildman–Crippen MR) is 103 cm³/mol. The highest BCUT2D eigenvalue weighted by Gasteiger charge is 2.28. The van der Waals surface area contributed by atoms with Gasteiger partial charge in [0, 0.05) is 0 Å². The maximum Gasteiger partial charge on any atom is 0.326 e. The van der Waals surface area contributed by atoms with Gasteiger partial charge >= 0.3 is 5.97 Å². The summed E-state index contributed by atoms with van der Waals surface area (Å²) in [6.07, 6.45) is 0.817. The van der Waals surface area contributed by atoms with Crippen molar-refractivity contribution in [1.29, 1.82) is 0 Å². The molecule has 0 aliphatic carbocycles. The summed E-state index contributed by atoms with van der Waals surface area (Å²) in [4.78, 5) is 11.9. The molecule has 0 heterocycles. The molecule has 8 heteroatoms. The Labute approximate surface area is 163 Å². The Morgan fingerprint density at radius 1 is 1.04 bits per heavy atom. The molecule has 0 aromatic heterocycles. The van der Waals surface area contributed by atoms with Gasteiger partial charge in [0.25, 0.3) is 10.0 Å². The van der Waals surface area contributed by atoms with E-state index in [1.807, 2.05) is 19.1 Å². The Bertz CT molecular complexity index is 883. The van der Waals surface area contributed by atoms with Crippen LogP contribution in [0, 0.1) is 0 Å². The maximum absolute atomic E-state index is 13.1. The highest BCUT2D eigenvalue weighted by molar-refractivity contribution is 7.92. The monoisotopic (exact) mass is 415 g/mol. The first kappa shape index (κ1) is 20.6. The van der Waals surface area contributed by atoms with Gasteiger partial charge in [-0.15, -0.1) is 0 Å². The molecule has 0 amide bonds. The minimum absolute atomic E-state index is 0.0595. The minimum Gasteiger partial charge on any atom is -0.465 e. The van der Waals surface area contributed by atoms with Gasteiger partial charge in [-0.2, -0.15) is 0 Å². The predicted octanol–water partition coefficient (Wildman–Crippen LogP) is 4.31. The molecule has 26 heavy (non-hydrogen) atoms. The molecule has 140 valence electrons. The highest BCUT2D eigenvalue weighted by atomic mass is 35.5. The lowest BCUT2D eigenvalue weighted by Crippen LogP contribution is -2.36. The van der Waals surface area contributed by atoms with Gasteiger partial charge in [-0.3, -0.25) is 9.10 Å². The van der Waals surface area contributed by atoms with Crippen molar-refractivity contribution in [2.24, 2.45) is 0 Å². The molecule has 0 radical (unpaired) electrons. The minimum atomic E-state index is -4.04. The lowest BCUT2D eigenvalue weighted by atomic mass is 10.1. The molecular weight excluding hydrogens is 397 g/mol. The van der Waals surface area contributed by atoms with Crippen LogP contribution in [0.1, 0.15) is 19.4 Å². The van der Waals surface area contributed by atoms with Gasteiger partial charge in [-0.25, -0.2) is 8.42 Å². The molecule has 2 rings (SSSR count). The third-order valence-electron chi connectivity index (χ3n) is 3.69. The molecule has 2 aromatic carbocycles. The number of halogens is 2. The summed E-state index contributed by atoms with van der Waals surface area (Å²) in [6, 6.07) is 11.0. The maximum atomic E-state index is 13.1. The van der Waals surface area contributed by atoms with E-state index in [-0.39, 0.29) is 21.5 Å². The second-order valence-electron chi connectivity index (χ2n) is 5.41. The largest absolute Gasteiger partial charge is 0.465 e. The van der Waals surface area contributed by atoms with Crippen molar-refractivity contribution in [1.82, 2.24) is 0 Å². The third kappa shape index (κ3) is 4.69. The van der Waals surface area contributed by atoms with E-state index in [0.29, 0.717) is 5.69 Å². The molecule has 0 bridgehead atoms. The summed E-state index contributed by atoms with van der Waals surface area (Å²) in [5, 5.41) is 0.361. The molecular formula is C18H19Cl2NO4S. The van der Waals surface area contributed by atoms with Crippen molar-refractivity contribution in [2.45, 2.75) is 25.2 Å². The average Bonchev–Trinajstić information content (AvgIpc) is 2.62. The van der Waals surface area contributed by atoms with Crippen molar-refractivity contribution in [3.8, 4) is 0 Å². The first-order chi connectivity index (χ1) is 12.3. The summed E-state index contributed by atoms with van der Waals surface area (Å²) in [5.41, 5.74) is 1.41. The van der Waals surface area contributed by atoms with Crippen LogP contribution in [-0.4, -0.2) is 27.5 Å². The molecule has 0 atom stereocenters. The summed E-state index contributed by atoms with van der Waals surface area (Å²) in [7, 11) is -4.04. The van der Waals surface area contributed by atoms with E-state index in [1.54, 1.807) is 19.1 Å². The molecule has 0 saturated heterocycles. The number of carbonyl (C=O) groups excluding carboxylic acids is 1. The second kappa shape index (κ2) is 8.75. The number of hydrogen-bond donors (Lipinski definition) is 0. The van der Waals surface area contributed by atoms with Crippen LogP contribution in [0.15, 0.2) is 47.4 Å². The number of benzene rings is 2. The number of carbonyl (C=O) groups is 1. The fourth-order valence-electron chi connectivity index (χ4n) is 2.30. The zero-order chi connectivity index (χ0) is 19.3. The van der Waals surface area contributed by atoms with Crippen LogP contribution in [0.5, 0.6) is 0 Å². The van der Waals surface area contributed by atoms with Gasteiger partial charge in [-0.05, 0) is 49.2 Å². The molecule has 2 aromatic rings. The fraction of sp³-hybridized carbons (Fsp3) is 0.278. The topological polar surface area (TPSA) is 63.7 Å². The van der Waals surface area contributed by atoms with Gasteiger partial charge in [0.15, 0.2) is 0 Å². The van der Waals surface area contributed by atoms with Crippen molar-refractivity contribution in [3.63, 3.8) is 0 Å². The molecule has 0 fully saturated rings. The van der Waals surface area contributed by atoms with Gasteiger partial charge < -0.3 is 4.74 Å². The standard InChI is InChI=1S/C18H19Cl2NO4S/c1-3-13-5-7-14(8-6-13)21(12-18(22)25-4-2)26(23,24)15-9-10-16(19)17(20)11-15/h5-11H,3-4,12H2,1-2H3. The normalized spacial score (nSPS) is 11.2. The molecule has 0 unspecified atom stereocenters. The second-order valence-corrected chi connectivity index (χ2v) is 8.09. The number of nitrogens with zero attached hydrogens (tertiary/aromatic N) is 1. The van der Waals surface area contributed by atoms with E-state index in [2.05, 4.69) is 0 Å². The average molecular weight is 416 g/mol. The van der Waals surface area contributed by atoms with Crippen LogP contribution in [0.4, 0.5) is 5.69 Å². The van der Waals surface area contributed by atoms with E-state index < -0.39 is 22.5 Å². The van der Waals surface area contributed by atoms with Crippen LogP contribution in [0.3, 0.4) is 0 Å². The number of ether oxygens (including phenoxy) is 1. The van der Waals surface area contributed by atoms with Gasteiger partial charge in [0.2, 0.25) is 0 Å². The lowest BCUT2D eigenvalue weighted by molar-refractivity contribution is -0.141. The molecule has 0 spiro atoms. The van der Waals surface area contributed by atoms with Crippen molar-refractivity contribution in [2.75, 3.05) is 17.5 Å². The molecule has 0 N–H and O–H groups in total. The van der Waals surface area contributed by atoms with Crippen LogP contribution in [0.25, 0.3) is 0 Å². The summed E-state index contributed by atoms with van der Waals surface area (Å²) in [5.74, 6) is -0.643. The van der Waals surface area contributed by atoms with E-state index >= 15 is 0 Å². The van der Waals surface area contributed by atoms with Crippen LogP contribution < -0.4 is 4.31 Å². The zero-order valence-electron chi connectivity index (χ0n) is 14.4. The van der Waals surface area contributed by atoms with Gasteiger partial charge in [0.05, 0.1) is 27.2 Å². The van der Waals surface area contributed by atoms with Crippen LogP contribution in [-0.2, 0) is 26.0 Å². The molecule has 5 nitrogen and oxygen atoms in total. The Balaban J connectivity index is 2.49. The van der Waals surface area contributed by atoms with Crippen molar-refractivity contribution >= 4 is 44.9 Å². The SMILES string of the molecule is CCOC(=O)CN(c1ccc(CC)cc1)S(=O)(=O)c1ccc(Cl)c(Cl)c1. The summed E-state index contributed by atoms with van der Waals surface area (Å²) in [6.45, 7) is 3.37. The number of sulfonamides is 1. The van der Waals surface area contributed by atoms with E-state index in [1.165, 1.54) is 18.2 Å². The zero-order valence-corrected chi connectivity index (χ0v) is 16.7. The van der Waals surface area contributed by atoms with Gasteiger partial charge in [-0.1, -0.05) is 42.3 Å². The smallest absolute Gasteiger partial charge is 0.326 e. The molecule has 0 aliphatic rings. The Morgan fingerprint density at radius 3 is 2.23 bits per heavy atom. The Morgan fingerprint density at radius 2 is 1.69 bits per heavy atom. The van der Waals surface area contributed by atoms with Crippen molar-refractivity contribution in [3.05, 3.63) is 58.1 Å². The molecule has 0 saturated carbocycles. The summed E-state index contributed by atoms with van der Waals surface area (Å²) >= 11 is 11.8. The van der Waals surface area contributed by atoms with Crippen molar-refractivity contribution < 1.29 is 17.9 Å². The van der Waals surface area contributed by atoms with Crippen LogP contribution >= 0.6 is 23.2 Å². The quantitative estimate of drug-likeness (QED) is 0.631. The number of anilines is 1. The van der Waals surface area contributed by atoms with Crippen LogP contribution in [0.2, 0.25) is 10.0 Å². The first-order valence-electron chi connectivity index (χ1n) is 8.02. The van der Waals surface area contributed by atoms with E-state index in [9.17, 15) is 13.2 Å². The summed E-state index contributed by atoms with van der Waals surface area (Å²) < 4.78 is 32.1. The molecule has 0 aliphatic heterocycles. The number of aryl methyl sites for hydroxylation is 1. The first-order valence-corrected chi connectivity index (χ1v) is 10.2.